The van der Waals surface area contributed by atoms with E-state index in [2.05, 4.69) is 26.6 Å². The van der Waals surface area contributed by atoms with E-state index in [0.717, 1.165) is 23.4 Å². The van der Waals surface area contributed by atoms with Crippen molar-refractivity contribution in [3.8, 4) is 0 Å². The van der Waals surface area contributed by atoms with Crippen LogP contribution in [0.25, 0.3) is 11.0 Å². The van der Waals surface area contributed by atoms with E-state index in [1.165, 1.54) is 19.3 Å². The topological polar surface area (TPSA) is 55.6 Å². The van der Waals surface area contributed by atoms with Crippen molar-refractivity contribution < 1.29 is 0 Å². The molecule has 0 atom stereocenters. The van der Waals surface area contributed by atoms with E-state index in [9.17, 15) is 0 Å². The van der Waals surface area contributed by atoms with Crippen LogP contribution in [0.1, 0.15) is 19.3 Å². The number of rotatable bonds is 4. The zero-order valence-electron chi connectivity index (χ0n) is 10.7. The maximum atomic E-state index is 4.33. The highest BCUT2D eigenvalue weighted by atomic mass is 32.2. The normalized spacial score (nSPS) is 17.7. The molecule has 0 saturated heterocycles. The van der Waals surface area contributed by atoms with Gasteiger partial charge in [0.2, 0.25) is 0 Å². The molecule has 1 fully saturated rings. The lowest BCUT2D eigenvalue weighted by atomic mass is 9.84. The summed E-state index contributed by atoms with van der Waals surface area (Å²) in [6.45, 7) is 0.967. The zero-order valence-corrected chi connectivity index (χ0v) is 11.5. The average molecular weight is 263 g/mol. The van der Waals surface area contributed by atoms with Gasteiger partial charge in [-0.2, -0.15) is 16.9 Å². The van der Waals surface area contributed by atoms with Crippen LogP contribution in [0.2, 0.25) is 0 Å². The van der Waals surface area contributed by atoms with Crippen molar-refractivity contribution in [1.29, 1.82) is 0 Å². The molecule has 1 aliphatic carbocycles. The first-order valence-corrected chi connectivity index (χ1v) is 7.38. The number of nitrogens with zero attached hydrogens (tertiary/aromatic N) is 4. The Labute approximate surface area is 110 Å². The second-order valence-corrected chi connectivity index (χ2v) is 6.10. The lowest BCUT2D eigenvalue weighted by Gasteiger charge is -2.40. The molecule has 0 unspecified atom stereocenters. The van der Waals surface area contributed by atoms with Gasteiger partial charge in [0.1, 0.15) is 12.1 Å². The number of aromatic nitrogens is 4. The van der Waals surface area contributed by atoms with Gasteiger partial charge in [-0.15, -0.1) is 0 Å². The first-order valence-electron chi connectivity index (χ1n) is 6.16. The quantitative estimate of drug-likeness (QED) is 0.915. The van der Waals surface area contributed by atoms with Gasteiger partial charge in [0.25, 0.3) is 0 Å². The number of aryl methyl sites for hydroxylation is 1. The number of nitrogens with one attached hydrogen (secondary N) is 1. The number of thioether (sulfide) groups is 1. The molecule has 0 amide bonds. The maximum absolute atomic E-state index is 4.33. The van der Waals surface area contributed by atoms with Crippen LogP contribution in [0.4, 0.5) is 5.82 Å². The Morgan fingerprint density at radius 3 is 2.94 bits per heavy atom. The Bertz CT molecular complexity index is 555. The number of anilines is 1. The van der Waals surface area contributed by atoms with Crippen molar-refractivity contribution in [2.45, 2.75) is 24.0 Å². The Morgan fingerprint density at radius 2 is 2.28 bits per heavy atom. The van der Waals surface area contributed by atoms with Gasteiger partial charge in [0.15, 0.2) is 5.65 Å². The number of fused-ring (bicyclic) bond motifs is 1. The number of hydrogen-bond acceptors (Lipinski definition) is 5. The monoisotopic (exact) mass is 263 g/mol. The van der Waals surface area contributed by atoms with Crippen LogP contribution < -0.4 is 5.32 Å². The van der Waals surface area contributed by atoms with E-state index in [4.69, 9.17) is 0 Å². The van der Waals surface area contributed by atoms with Crippen LogP contribution in [-0.4, -0.2) is 37.3 Å². The molecule has 0 bridgehead atoms. The SMILES string of the molecule is CSC1(CNc2ncnc3c2cnn3C)CCC1. The fourth-order valence-electron chi connectivity index (χ4n) is 2.37. The predicted molar refractivity (Wildman–Crippen MR) is 74.9 cm³/mol. The Kier molecular flexibility index (Phi) is 2.89. The van der Waals surface area contributed by atoms with E-state index < -0.39 is 0 Å². The molecule has 3 rings (SSSR count). The van der Waals surface area contributed by atoms with Crippen molar-refractivity contribution in [2.24, 2.45) is 7.05 Å². The highest BCUT2D eigenvalue weighted by molar-refractivity contribution is 8.00. The summed E-state index contributed by atoms with van der Waals surface area (Å²) in [5, 5.41) is 8.69. The highest BCUT2D eigenvalue weighted by Gasteiger charge is 2.36. The van der Waals surface area contributed by atoms with E-state index >= 15 is 0 Å². The predicted octanol–water partition coefficient (Wildman–Crippen LogP) is 2.06. The van der Waals surface area contributed by atoms with Gasteiger partial charge in [0, 0.05) is 18.3 Å². The smallest absolute Gasteiger partial charge is 0.163 e. The molecular weight excluding hydrogens is 246 g/mol. The van der Waals surface area contributed by atoms with E-state index in [-0.39, 0.29) is 0 Å². The minimum Gasteiger partial charge on any atom is -0.368 e. The molecule has 1 saturated carbocycles. The first kappa shape index (κ1) is 11.8. The van der Waals surface area contributed by atoms with E-state index in [1.807, 2.05) is 25.0 Å². The van der Waals surface area contributed by atoms with Crippen LogP contribution >= 0.6 is 11.8 Å². The lowest BCUT2D eigenvalue weighted by molar-refractivity contribution is 0.379. The van der Waals surface area contributed by atoms with Crippen molar-refractivity contribution in [2.75, 3.05) is 18.1 Å². The molecule has 96 valence electrons. The fourth-order valence-corrected chi connectivity index (χ4v) is 3.29. The molecule has 0 aromatic carbocycles. The summed E-state index contributed by atoms with van der Waals surface area (Å²) >= 11 is 1.96. The van der Waals surface area contributed by atoms with Gasteiger partial charge in [0.05, 0.1) is 11.6 Å². The molecule has 5 nitrogen and oxygen atoms in total. The van der Waals surface area contributed by atoms with Crippen molar-refractivity contribution in [1.82, 2.24) is 19.7 Å². The van der Waals surface area contributed by atoms with Gasteiger partial charge in [-0.05, 0) is 19.1 Å². The van der Waals surface area contributed by atoms with Gasteiger partial charge in [-0.3, -0.25) is 4.68 Å². The second kappa shape index (κ2) is 4.42. The molecule has 1 aliphatic rings. The number of hydrogen-bond donors (Lipinski definition) is 1. The Balaban J connectivity index is 1.82. The van der Waals surface area contributed by atoms with Gasteiger partial charge < -0.3 is 5.32 Å². The molecule has 2 heterocycles. The minimum atomic E-state index is 0.402. The van der Waals surface area contributed by atoms with Crippen LogP contribution in [-0.2, 0) is 7.05 Å². The standard InChI is InChI=1S/C12H17N5S/c1-17-11-9(6-16-17)10(14-8-15-11)13-7-12(18-2)4-3-5-12/h6,8H,3-5,7H2,1-2H3,(H,13,14,15). The van der Waals surface area contributed by atoms with Crippen molar-refractivity contribution in [3.05, 3.63) is 12.5 Å². The second-order valence-electron chi connectivity index (χ2n) is 4.82. The summed E-state index contributed by atoms with van der Waals surface area (Å²) in [7, 11) is 1.90. The summed E-state index contributed by atoms with van der Waals surface area (Å²) in [6.07, 6.45) is 9.54. The molecule has 0 radical (unpaired) electrons. The molecule has 2 aromatic heterocycles. The molecule has 1 N–H and O–H groups in total. The van der Waals surface area contributed by atoms with Crippen LogP contribution in [0.5, 0.6) is 0 Å². The third-order valence-corrected chi connectivity index (χ3v) is 5.22. The van der Waals surface area contributed by atoms with Crippen molar-refractivity contribution >= 4 is 28.6 Å². The van der Waals surface area contributed by atoms with Crippen molar-refractivity contribution in [3.63, 3.8) is 0 Å². The largest absolute Gasteiger partial charge is 0.368 e. The lowest BCUT2D eigenvalue weighted by Crippen LogP contribution is -2.40. The van der Waals surface area contributed by atoms with E-state index in [0.29, 0.717) is 4.75 Å². The Hall–Kier alpha value is -1.30. The third kappa shape index (κ3) is 1.84. The first-order chi connectivity index (χ1) is 8.74. The summed E-state index contributed by atoms with van der Waals surface area (Å²) in [4.78, 5) is 8.58. The molecule has 0 spiro atoms. The van der Waals surface area contributed by atoms with Gasteiger partial charge in [-0.25, -0.2) is 9.97 Å². The minimum absolute atomic E-state index is 0.402. The van der Waals surface area contributed by atoms with E-state index in [1.54, 1.807) is 11.0 Å². The molecule has 0 aliphatic heterocycles. The summed E-state index contributed by atoms with van der Waals surface area (Å²) < 4.78 is 2.18. The third-order valence-electron chi connectivity index (χ3n) is 3.81. The molecule has 6 heteroatoms. The average Bonchev–Trinajstić information content (AvgIpc) is 2.72. The molecule has 18 heavy (non-hydrogen) atoms. The maximum Gasteiger partial charge on any atom is 0.163 e. The highest BCUT2D eigenvalue weighted by Crippen LogP contribution is 2.42. The van der Waals surface area contributed by atoms with Gasteiger partial charge >= 0.3 is 0 Å². The van der Waals surface area contributed by atoms with Crippen LogP contribution in [0.15, 0.2) is 12.5 Å². The Morgan fingerprint density at radius 1 is 1.44 bits per heavy atom. The summed E-state index contributed by atoms with van der Waals surface area (Å²) in [5.41, 5.74) is 0.874. The summed E-state index contributed by atoms with van der Waals surface area (Å²) in [5.74, 6) is 0.897. The van der Waals surface area contributed by atoms with Crippen LogP contribution in [0.3, 0.4) is 0 Å². The fraction of sp³-hybridized carbons (Fsp3) is 0.583. The van der Waals surface area contributed by atoms with Gasteiger partial charge in [-0.1, -0.05) is 6.42 Å². The summed E-state index contributed by atoms with van der Waals surface area (Å²) in [6, 6.07) is 0. The zero-order chi connectivity index (χ0) is 12.6. The van der Waals surface area contributed by atoms with Crippen LogP contribution in [0, 0.1) is 0 Å². The molecule has 2 aromatic rings. The molecular formula is C12H17N5S.